The Morgan fingerprint density at radius 2 is 1.93 bits per heavy atom. The predicted molar refractivity (Wildman–Crippen MR) is 57.9 cm³/mol. The Balaban J connectivity index is 3.27. The fraction of sp³-hybridized carbons (Fsp3) is 0.909. The number of carbonyl (C=O) groups is 1. The average Bonchev–Trinajstić information content (AvgIpc) is 2.08. The number of hydrogen-bond acceptors (Lipinski definition) is 3. The van der Waals surface area contributed by atoms with E-state index in [4.69, 9.17) is 10.5 Å². The van der Waals surface area contributed by atoms with Crippen LogP contribution in [-0.2, 0) is 9.53 Å². The molecule has 0 aliphatic heterocycles. The number of rotatable bonds is 7. The van der Waals surface area contributed by atoms with Crippen LogP contribution < -0.4 is 5.73 Å². The molecule has 0 heterocycles. The molecule has 0 rings (SSSR count). The SMILES string of the molecule is CC(C)CCCOC(=O)CCC(C)N. The Bertz CT molecular complexity index is 155. The van der Waals surface area contributed by atoms with Gasteiger partial charge < -0.3 is 10.5 Å². The lowest BCUT2D eigenvalue weighted by molar-refractivity contribution is -0.144. The molecule has 0 fully saturated rings. The number of esters is 1. The van der Waals surface area contributed by atoms with Crippen molar-refractivity contribution < 1.29 is 9.53 Å². The smallest absolute Gasteiger partial charge is 0.305 e. The van der Waals surface area contributed by atoms with Gasteiger partial charge in [-0.2, -0.15) is 0 Å². The van der Waals surface area contributed by atoms with Crippen LogP contribution in [0, 0.1) is 5.92 Å². The molecule has 14 heavy (non-hydrogen) atoms. The maximum absolute atomic E-state index is 11.1. The summed E-state index contributed by atoms with van der Waals surface area (Å²) >= 11 is 0. The van der Waals surface area contributed by atoms with E-state index in [1.54, 1.807) is 0 Å². The van der Waals surface area contributed by atoms with Crippen LogP contribution in [0.4, 0.5) is 0 Å². The summed E-state index contributed by atoms with van der Waals surface area (Å²) in [6, 6.07) is 0.0817. The first-order valence-electron chi connectivity index (χ1n) is 5.43. The average molecular weight is 201 g/mol. The summed E-state index contributed by atoms with van der Waals surface area (Å²) < 4.78 is 5.05. The third-order valence-corrected chi connectivity index (χ3v) is 1.99. The molecular formula is C11H23NO2. The summed E-state index contributed by atoms with van der Waals surface area (Å²) in [6.07, 6.45) is 3.23. The van der Waals surface area contributed by atoms with Crippen molar-refractivity contribution in [2.24, 2.45) is 11.7 Å². The lowest BCUT2D eigenvalue weighted by Crippen LogP contribution is -2.17. The fourth-order valence-corrected chi connectivity index (χ4v) is 1.10. The molecular weight excluding hydrogens is 178 g/mol. The van der Waals surface area contributed by atoms with E-state index in [2.05, 4.69) is 13.8 Å². The topological polar surface area (TPSA) is 52.3 Å². The molecule has 0 bridgehead atoms. The van der Waals surface area contributed by atoms with E-state index in [1.807, 2.05) is 6.92 Å². The zero-order valence-electron chi connectivity index (χ0n) is 9.58. The van der Waals surface area contributed by atoms with Crippen molar-refractivity contribution in [3.8, 4) is 0 Å². The molecule has 0 aliphatic carbocycles. The highest BCUT2D eigenvalue weighted by molar-refractivity contribution is 5.69. The minimum atomic E-state index is -0.119. The highest BCUT2D eigenvalue weighted by Crippen LogP contribution is 2.04. The second-order valence-corrected chi connectivity index (χ2v) is 4.27. The van der Waals surface area contributed by atoms with Crippen molar-refractivity contribution in [2.75, 3.05) is 6.61 Å². The van der Waals surface area contributed by atoms with Crippen LogP contribution >= 0.6 is 0 Å². The quantitative estimate of drug-likeness (QED) is 0.507. The number of nitrogens with two attached hydrogens (primary N) is 1. The molecule has 0 amide bonds. The van der Waals surface area contributed by atoms with Crippen LogP contribution in [0.25, 0.3) is 0 Å². The van der Waals surface area contributed by atoms with Gasteiger partial charge in [-0.3, -0.25) is 4.79 Å². The molecule has 3 nitrogen and oxygen atoms in total. The standard InChI is InChI=1S/C11H23NO2/c1-9(2)5-4-8-14-11(13)7-6-10(3)12/h9-10H,4-8,12H2,1-3H3. The van der Waals surface area contributed by atoms with Gasteiger partial charge in [-0.05, 0) is 32.1 Å². The fourth-order valence-electron chi connectivity index (χ4n) is 1.10. The molecule has 0 saturated heterocycles. The number of ether oxygens (including phenoxy) is 1. The zero-order chi connectivity index (χ0) is 11.0. The molecule has 0 radical (unpaired) electrons. The Labute approximate surface area is 87.0 Å². The van der Waals surface area contributed by atoms with Crippen molar-refractivity contribution in [3.63, 3.8) is 0 Å². The Morgan fingerprint density at radius 3 is 2.43 bits per heavy atom. The van der Waals surface area contributed by atoms with Crippen LogP contribution in [0.2, 0.25) is 0 Å². The summed E-state index contributed by atoms with van der Waals surface area (Å²) in [5.41, 5.74) is 5.53. The first-order chi connectivity index (χ1) is 6.52. The van der Waals surface area contributed by atoms with Gasteiger partial charge in [-0.1, -0.05) is 13.8 Å². The second kappa shape index (κ2) is 7.80. The summed E-state index contributed by atoms with van der Waals surface area (Å²) in [6.45, 7) is 6.78. The van der Waals surface area contributed by atoms with E-state index in [0.717, 1.165) is 12.8 Å². The largest absolute Gasteiger partial charge is 0.466 e. The van der Waals surface area contributed by atoms with Crippen LogP contribution in [0.15, 0.2) is 0 Å². The Hall–Kier alpha value is -0.570. The van der Waals surface area contributed by atoms with Crippen molar-refractivity contribution >= 4 is 5.97 Å². The number of carbonyl (C=O) groups excluding carboxylic acids is 1. The highest BCUT2D eigenvalue weighted by atomic mass is 16.5. The first kappa shape index (κ1) is 13.4. The van der Waals surface area contributed by atoms with E-state index in [0.29, 0.717) is 25.4 Å². The van der Waals surface area contributed by atoms with Crippen molar-refractivity contribution in [1.82, 2.24) is 0 Å². The highest BCUT2D eigenvalue weighted by Gasteiger charge is 2.04. The van der Waals surface area contributed by atoms with E-state index < -0.39 is 0 Å². The third kappa shape index (κ3) is 9.52. The predicted octanol–water partition coefficient (Wildman–Crippen LogP) is 2.09. The van der Waals surface area contributed by atoms with Gasteiger partial charge in [0.2, 0.25) is 0 Å². The molecule has 1 unspecified atom stereocenters. The maximum atomic E-state index is 11.1. The van der Waals surface area contributed by atoms with Crippen LogP contribution in [0.3, 0.4) is 0 Å². The van der Waals surface area contributed by atoms with Gasteiger partial charge in [0.1, 0.15) is 0 Å². The summed E-state index contributed by atoms with van der Waals surface area (Å²) in [5.74, 6) is 0.559. The molecule has 2 N–H and O–H groups in total. The van der Waals surface area contributed by atoms with Gasteiger partial charge in [0.25, 0.3) is 0 Å². The van der Waals surface area contributed by atoms with Crippen LogP contribution in [0.1, 0.15) is 46.5 Å². The van der Waals surface area contributed by atoms with Crippen LogP contribution in [-0.4, -0.2) is 18.6 Å². The van der Waals surface area contributed by atoms with E-state index >= 15 is 0 Å². The van der Waals surface area contributed by atoms with Gasteiger partial charge in [0.05, 0.1) is 6.61 Å². The second-order valence-electron chi connectivity index (χ2n) is 4.27. The van der Waals surface area contributed by atoms with E-state index in [-0.39, 0.29) is 12.0 Å². The van der Waals surface area contributed by atoms with Crippen molar-refractivity contribution in [1.29, 1.82) is 0 Å². The summed E-state index contributed by atoms with van der Waals surface area (Å²) in [4.78, 5) is 11.1. The molecule has 0 saturated carbocycles. The molecule has 0 aromatic rings. The summed E-state index contributed by atoms with van der Waals surface area (Å²) in [5, 5.41) is 0. The molecule has 0 aliphatic rings. The normalized spacial score (nSPS) is 12.9. The molecule has 84 valence electrons. The Morgan fingerprint density at radius 1 is 1.29 bits per heavy atom. The zero-order valence-corrected chi connectivity index (χ0v) is 9.58. The van der Waals surface area contributed by atoms with Gasteiger partial charge >= 0.3 is 5.97 Å². The lowest BCUT2D eigenvalue weighted by Gasteiger charge is -2.07. The van der Waals surface area contributed by atoms with E-state index in [1.165, 1.54) is 0 Å². The monoisotopic (exact) mass is 201 g/mol. The molecule has 0 aromatic carbocycles. The summed E-state index contributed by atoms with van der Waals surface area (Å²) in [7, 11) is 0. The van der Waals surface area contributed by atoms with Gasteiger partial charge in [-0.25, -0.2) is 0 Å². The maximum Gasteiger partial charge on any atom is 0.305 e. The molecule has 0 spiro atoms. The van der Waals surface area contributed by atoms with Gasteiger partial charge in [0, 0.05) is 12.5 Å². The van der Waals surface area contributed by atoms with E-state index in [9.17, 15) is 4.79 Å². The van der Waals surface area contributed by atoms with Crippen molar-refractivity contribution in [2.45, 2.75) is 52.5 Å². The Kier molecular flexibility index (Phi) is 7.48. The van der Waals surface area contributed by atoms with Gasteiger partial charge in [-0.15, -0.1) is 0 Å². The van der Waals surface area contributed by atoms with Crippen LogP contribution in [0.5, 0.6) is 0 Å². The minimum absolute atomic E-state index is 0.0817. The van der Waals surface area contributed by atoms with Gasteiger partial charge in [0.15, 0.2) is 0 Å². The lowest BCUT2D eigenvalue weighted by atomic mass is 10.1. The number of hydrogen-bond donors (Lipinski definition) is 1. The van der Waals surface area contributed by atoms with Crippen molar-refractivity contribution in [3.05, 3.63) is 0 Å². The minimum Gasteiger partial charge on any atom is -0.466 e. The molecule has 1 atom stereocenters. The molecule has 0 aromatic heterocycles. The third-order valence-electron chi connectivity index (χ3n) is 1.99. The first-order valence-corrected chi connectivity index (χ1v) is 5.43. The molecule has 3 heteroatoms.